The average molecular weight is 245 g/mol. The Hall–Kier alpha value is -1.74. The Balaban J connectivity index is 2.16. The molecular formula is C15H13F2N. The average Bonchev–Trinajstić information content (AvgIpc) is 2.71. The zero-order chi connectivity index (χ0) is 12.7. The van der Waals surface area contributed by atoms with Crippen LogP contribution in [-0.2, 0) is 6.42 Å². The molecule has 1 unspecified atom stereocenters. The highest BCUT2D eigenvalue weighted by atomic mass is 19.1. The number of nitrogens with two attached hydrogens (primary N) is 1. The van der Waals surface area contributed by atoms with Crippen molar-refractivity contribution in [2.75, 3.05) is 0 Å². The lowest BCUT2D eigenvalue weighted by atomic mass is 9.99. The molecule has 2 aromatic carbocycles. The molecule has 0 bridgehead atoms. The van der Waals surface area contributed by atoms with Crippen LogP contribution in [0.1, 0.15) is 23.6 Å². The number of rotatable bonds is 1. The van der Waals surface area contributed by atoms with Crippen LogP contribution in [0, 0.1) is 11.6 Å². The van der Waals surface area contributed by atoms with Gasteiger partial charge in [-0.05, 0) is 47.7 Å². The van der Waals surface area contributed by atoms with Gasteiger partial charge in [0.1, 0.15) is 11.6 Å². The molecule has 0 aromatic heterocycles. The highest BCUT2D eigenvalue weighted by Crippen LogP contribution is 2.34. The molecule has 1 nitrogen and oxygen atoms in total. The smallest absolute Gasteiger partial charge is 0.133 e. The molecule has 0 saturated carbocycles. The first kappa shape index (κ1) is 11.4. The van der Waals surface area contributed by atoms with Gasteiger partial charge in [0.25, 0.3) is 0 Å². The summed E-state index contributed by atoms with van der Waals surface area (Å²) in [6, 6.07) is 9.38. The third kappa shape index (κ3) is 1.71. The van der Waals surface area contributed by atoms with Crippen LogP contribution in [0.25, 0.3) is 11.1 Å². The molecule has 3 heteroatoms. The molecule has 0 saturated heterocycles. The molecule has 0 amide bonds. The van der Waals surface area contributed by atoms with Crippen molar-refractivity contribution in [2.24, 2.45) is 5.73 Å². The second kappa shape index (κ2) is 4.18. The van der Waals surface area contributed by atoms with E-state index in [-0.39, 0.29) is 11.6 Å². The molecule has 1 atom stereocenters. The summed E-state index contributed by atoms with van der Waals surface area (Å²) < 4.78 is 27.4. The quantitative estimate of drug-likeness (QED) is 0.816. The largest absolute Gasteiger partial charge is 0.324 e. The Morgan fingerprint density at radius 2 is 1.78 bits per heavy atom. The van der Waals surface area contributed by atoms with Crippen molar-refractivity contribution in [2.45, 2.75) is 18.9 Å². The van der Waals surface area contributed by atoms with Gasteiger partial charge in [-0.3, -0.25) is 0 Å². The number of benzene rings is 2. The summed E-state index contributed by atoms with van der Waals surface area (Å²) in [5.74, 6) is -1.08. The zero-order valence-corrected chi connectivity index (χ0v) is 9.79. The van der Waals surface area contributed by atoms with Crippen LogP contribution in [0.15, 0.2) is 36.4 Å². The molecule has 1 aliphatic rings. The summed E-state index contributed by atoms with van der Waals surface area (Å²) in [7, 11) is 0. The summed E-state index contributed by atoms with van der Waals surface area (Å²) in [4.78, 5) is 0. The minimum Gasteiger partial charge on any atom is -0.324 e. The van der Waals surface area contributed by atoms with Crippen molar-refractivity contribution >= 4 is 0 Å². The molecule has 3 rings (SSSR count). The minimum atomic E-state index is -0.540. The predicted octanol–water partition coefficient (Wildman–Crippen LogP) is 3.58. The van der Waals surface area contributed by atoms with Crippen LogP contribution in [0.2, 0.25) is 0 Å². The second-order valence-electron chi connectivity index (χ2n) is 4.66. The summed E-state index contributed by atoms with van der Waals surface area (Å²) in [6.07, 6.45) is 1.84. The van der Waals surface area contributed by atoms with Crippen LogP contribution in [0.3, 0.4) is 0 Å². The summed E-state index contributed by atoms with van der Waals surface area (Å²) in [5, 5.41) is 0. The molecule has 0 fully saturated rings. The first-order chi connectivity index (χ1) is 8.66. The van der Waals surface area contributed by atoms with Crippen LogP contribution >= 0.6 is 0 Å². The number of halogens is 2. The van der Waals surface area contributed by atoms with Gasteiger partial charge in [0.15, 0.2) is 0 Å². The van der Waals surface area contributed by atoms with Gasteiger partial charge < -0.3 is 5.73 Å². The molecule has 2 aromatic rings. The van der Waals surface area contributed by atoms with Crippen LogP contribution in [0.4, 0.5) is 8.78 Å². The van der Waals surface area contributed by atoms with Crippen LogP contribution < -0.4 is 5.73 Å². The van der Waals surface area contributed by atoms with E-state index in [1.807, 2.05) is 12.1 Å². The van der Waals surface area contributed by atoms with Gasteiger partial charge in [-0.15, -0.1) is 0 Å². The van der Waals surface area contributed by atoms with Gasteiger partial charge in [0, 0.05) is 6.04 Å². The Labute approximate surface area is 104 Å². The fraction of sp³-hybridized carbons (Fsp3) is 0.200. The molecule has 0 spiro atoms. The monoisotopic (exact) mass is 245 g/mol. The van der Waals surface area contributed by atoms with Crippen molar-refractivity contribution in [1.82, 2.24) is 0 Å². The first-order valence-corrected chi connectivity index (χ1v) is 5.99. The highest BCUT2D eigenvalue weighted by molar-refractivity contribution is 5.67. The number of fused-ring (bicyclic) bond motifs is 1. The lowest BCUT2D eigenvalue weighted by molar-refractivity contribution is 0.589. The van der Waals surface area contributed by atoms with Crippen molar-refractivity contribution in [3.63, 3.8) is 0 Å². The van der Waals surface area contributed by atoms with E-state index in [1.165, 1.54) is 23.8 Å². The van der Waals surface area contributed by atoms with Crippen molar-refractivity contribution in [3.8, 4) is 11.1 Å². The van der Waals surface area contributed by atoms with E-state index in [0.717, 1.165) is 18.4 Å². The molecule has 1 aliphatic carbocycles. The van der Waals surface area contributed by atoms with Gasteiger partial charge in [-0.1, -0.05) is 18.2 Å². The van der Waals surface area contributed by atoms with Crippen molar-refractivity contribution < 1.29 is 8.78 Å². The number of aryl methyl sites for hydroxylation is 1. The summed E-state index contributed by atoms with van der Waals surface area (Å²) >= 11 is 0. The van der Waals surface area contributed by atoms with Crippen molar-refractivity contribution in [1.29, 1.82) is 0 Å². The molecular weight excluding hydrogens is 232 g/mol. The van der Waals surface area contributed by atoms with Gasteiger partial charge >= 0.3 is 0 Å². The maximum Gasteiger partial charge on any atom is 0.133 e. The van der Waals surface area contributed by atoms with Gasteiger partial charge in [0.05, 0.1) is 5.56 Å². The minimum absolute atomic E-state index is 0.0187. The predicted molar refractivity (Wildman–Crippen MR) is 67.0 cm³/mol. The maximum absolute atomic E-state index is 13.7. The molecule has 18 heavy (non-hydrogen) atoms. The maximum atomic E-state index is 13.7. The number of hydrogen-bond donors (Lipinski definition) is 1. The van der Waals surface area contributed by atoms with E-state index in [0.29, 0.717) is 5.56 Å². The van der Waals surface area contributed by atoms with Crippen LogP contribution in [-0.4, -0.2) is 0 Å². The fourth-order valence-electron chi connectivity index (χ4n) is 2.56. The normalized spacial score (nSPS) is 17.8. The SMILES string of the molecule is NC1CCc2ccc(-c3c(F)cccc3F)cc21. The van der Waals surface area contributed by atoms with E-state index in [9.17, 15) is 8.78 Å². The van der Waals surface area contributed by atoms with Crippen molar-refractivity contribution in [3.05, 3.63) is 59.2 Å². The van der Waals surface area contributed by atoms with Gasteiger partial charge in [0.2, 0.25) is 0 Å². The second-order valence-corrected chi connectivity index (χ2v) is 4.66. The Kier molecular flexibility index (Phi) is 2.63. The third-order valence-electron chi connectivity index (χ3n) is 3.52. The molecule has 0 radical (unpaired) electrons. The summed E-state index contributed by atoms with van der Waals surface area (Å²) in [6.45, 7) is 0. The van der Waals surface area contributed by atoms with E-state index in [4.69, 9.17) is 5.73 Å². The molecule has 0 heterocycles. The lowest BCUT2D eigenvalue weighted by Crippen LogP contribution is -2.05. The van der Waals surface area contributed by atoms with E-state index in [2.05, 4.69) is 0 Å². The van der Waals surface area contributed by atoms with E-state index in [1.54, 1.807) is 6.07 Å². The van der Waals surface area contributed by atoms with E-state index >= 15 is 0 Å². The molecule has 2 N–H and O–H groups in total. The Morgan fingerprint density at radius 3 is 2.50 bits per heavy atom. The highest BCUT2D eigenvalue weighted by Gasteiger charge is 2.20. The molecule has 0 aliphatic heterocycles. The fourth-order valence-corrected chi connectivity index (χ4v) is 2.56. The first-order valence-electron chi connectivity index (χ1n) is 5.99. The Morgan fingerprint density at radius 1 is 1.06 bits per heavy atom. The van der Waals surface area contributed by atoms with Gasteiger partial charge in [-0.2, -0.15) is 0 Å². The van der Waals surface area contributed by atoms with E-state index < -0.39 is 11.6 Å². The topological polar surface area (TPSA) is 26.0 Å². The lowest BCUT2D eigenvalue weighted by Gasteiger charge is -2.09. The van der Waals surface area contributed by atoms with Gasteiger partial charge in [-0.25, -0.2) is 8.78 Å². The van der Waals surface area contributed by atoms with Crippen LogP contribution in [0.5, 0.6) is 0 Å². The third-order valence-corrected chi connectivity index (χ3v) is 3.52. The zero-order valence-electron chi connectivity index (χ0n) is 9.79. The summed E-state index contributed by atoms with van der Waals surface area (Å²) in [5.41, 5.74) is 8.76. The Bertz CT molecular complexity index is 587. The standard InChI is InChI=1S/C15H13F2N/c16-12-2-1-3-13(17)15(12)10-5-4-9-6-7-14(18)11(9)8-10/h1-5,8,14H,6-7,18H2. The molecule has 92 valence electrons. The number of hydrogen-bond acceptors (Lipinski definition) is 1.